The molecule has 10 heteroatoms. The minimum atomic E-state index is -0.833. The Labute approximate surface area is 207 Å². The zero-order chi connectivity index (χ0) is 25.3. The Kier molecular flexibility index (Phi) is 6.79. The van der Waals surface area contributed by atoms with Crippen molar-refractivity contribution in [2.45, 2.75) is 32.9 Å². The van der Waals surface area contributed by atoms with Crippen molar-refractivity contribution < 1.29 is 28.8 Å². The normalized spacial score (nSPS) is 17.3. The molecule has 1 atom stereocenters. The summed E-state index contributed by atoms with van der Waals surface area (Å²) in [6, 6.07) is 6.04. The van der Waals surface area contributed by atoms with Gasteiger partial charge in [-0.25, -0.2) is 9.36 Å². The maximum atomic E-state index is 13.3. The summed E-state index contributed by atoms with van der Waals surface area (Å²) in [6.45, 7) is 4.24. The summed E-state index contributed by atoms with van der Waals surface area (Å²) in [4.78, 5) is 45.9. The van der Waals surface area contributed by atoms with Crippen LogP contribution in [-0.2, 0) is 20.9 Å². The number of hydrogen-bond donors (Lipinski definition) is 3. The summed E-state index contributed by atoms with van der Waals surface area (Å²) in [5.74, 6) is -2.44. The summed E-state index contributed by atoms with van der Waals surface area (Å²) in [5, 5.41) is 11.8. The van der Waals surface area contributed by atoms with E-state index in [1.54, 1.807) is 50.6 Å². The Morgan fingerprint density at radius 3 is 2.71 bits per heavy atom. The van der Waals surface area contributed by atoms with Crippen LogP contribution < -0.4 is 4.57 Å². The lowest BCUT2D eigenvalue weighted by Gasteiger charge is -2.25. The van der Waals surface area contributed by atoms with Crippen molar-refractivity contribution in [2.75, 3.05) is 13.7 Å². The number of imidazole rings is 1. The van der Waals surface area contributed by atoms with Crippen LogP contribution in [0.25, 0.3) is 5.76 Å². The molecule has 3 heterocycles. The minimum absolute atomic E-state index is 0.0480. The molecule has 1 aliphatic heterocycles. The Balaban J connectivity index is 1.80. The van der Waals surface area contributed by atoms with Crippen LogP contribution in [0.3, 0.4) is 0 Å². The molecule has 0 spiro atoms. The highest BCUT2D eigenvalue weighted by atomic mass is 35.5. The number of halogens is 1. The standard InChI is InChI=1S/C25H25ClN4O5/c1-14-18(15(2)28-20(14)25(34)35-3)22(31)19-21(16-6-4-7-17(26)12-16)30(24(33)23(19)32)10-5-9-29-11-8-27-13-29/h4,6-8,11-13,21H,5,9-10H2,1-3H3,(H2,28,31,32,34)/p+1. The van der Waals surface area contributed by atoms with E-state index in [0.717, 1.165) is 0 Å². The van der Waals surface area contributed by atoms with Gasteiger partial charge in [-0.3, -0.25) is 14.6 Å². The van der Waals surface area contributed by atoms with Gasteiger partial charge >= 0.3 is 5.97 Å². The lowest BCUT2D eigenvalue weighted by molar-refractivity contribution is -0.695. The number of hydrogen-bond acceptors (Lipinski definition) is 5. The van der Waals surface area contributed by atoms with Gasteiger partial charge in [0.25, 0.3) is 11.7 Å². The first-order valence-corrected chi connectivity index (χ1v) is 11.5. The number of likely N-dealkylation sites (tertiary alicyclic amines) is 1. The van der Waals surface area contributed by atoms with Crippen molar-refractivity contribution in [3.8, 4) is 0 Å². The number of ether oxygens (including phenoxy) is 1. The molecule has 2 aromatic heterocycles. The molecule has 0 aliphatic carbocycles. The number of aromatic amines is 2. The number of ketones is 1. The fraction of sp³-hybridized carbons (Fsp3) is 0.280. The van der Waals surface area contributed by atoms with Gasteiger partial charge in [0, 0.05) is 29.2 Å². The van der Waals surface area contributed by atoms with Crippen molar-refractivity contribution in [3.05, 3.63) is 81.7 Å². The molecule has 1 fully saturated rings. The van der Waals surface area contributed by atoms with Crippen molar-refractivity contribution in [1.29, 1.82) is 0 Å². The number of aryl methyl sites for hydroxylation is 2. The van der Waals surface area contributed by atoms with Gasteiger partial charge in [-0.1, -0.05) is 23.7 Å². The number of aliphatic hydroxyl groups is 1. The summed E-state index contributed by atoms with van der Waals surface area (Å²) < 4.78 is 6.74. The SMILES string of the molecule is COC(=O)c1[nH]c(C)c(/C(O)=C2\C(=O)C(=O)N(CCC[n+]3cc[nH]c3)C2c2cccc(Cl)c2)c1C. The van der Waals surface area contributed by atoms with Gasteiger partial charge < -0.3 is 19.7 Å². The molecular formula is C25H26ClN4O5+. The van der Waals surface area contributed by atoms with Crippen LogP contribution in [0.1, 0.15) is 45.3 Å². The number of methoxy groups -OCH3 is 1. The number of aromatic nitrogens is 3. The van der Waals surface area contributed by atoms with Gasteiger partial charge in [-0.15, -0.1) is 0 Å². The topological polar surface area (TPSA) is 119 Å². The second-order valence-electron chi connectivity index (χ2n) is 8.37. The van der Waals surface area contributed by atoms with Crippen molar-refractivity contribution >= 4 is 35.0 Å². The second kappa shape index (κ2) is 9.79. The molecule has 4 rings (SSSR count). The molecule has 1 aromatic carbocycles. The van der Waals surface area contributed by atoms with Crippen molar-refractivity contribution in [2.24, 2.45) is 0 Å². The Bertz CT molecular complexity index is 1330. The van der Waals surface area contributed by atoms with E-state index in [0.29, 0.717) is 40.4 Å². The number of nitrogens with one attached hydrogen (secondary N) is 2. The number of rotatable bonds is 7. The summed E-state index contributed by atoms with van der Waals surface area (Å²) in [5.41, 5.74) is 1.91. The largest absolute Gasteiger partial charge is 0.507 e. The minimum Gasteiger partial charge on any atom is -0.507 e. The average molecular weight is 498 g/mol. The third-order valence-electron chi connectivity index (χ3n) is 6.19. The molecule has 3 N–H and O–H groups in total. The number of Topliss-reactive ketones (excluding diaryl/α,β-unsaturated/α-hetero) is 1. The van der Waals surface area contributed by atoms with Gasteiger partial charge in [0.2, 0.25) is 6.33 Å². The van der Waals surface area contributed by atoms with Crippen LogP contribution in [-0.4, -0.2) is 51.3 Å². The van der Waals surface area contributed by atoms with Crippen LogP contribution >= 0.6 is 11.6 Å². The fourth-order valence-electron chi connectivity index (χ4n) is 4.56. The van der Waals surface area contributed by atoms with Crippen LogP contribution in [0.5, 0.6) is 0 Å². The maximum Gasteiger partial charge on any atom is 0.354 e. The van der Waals surface area contributed by atoms with Gasteiger partial charge in [-0.05, 0) is 37.1 Å². The zero-order valence-electron chi connectivity index (χ0n) is 19.6. The van der Waals surface area contributed by atoms with Gasteiger partial charge in [0.1, 0.15) is 23.8 Å². The summed E-state index contributed by atoms with van der Waals surface area (Å²) in [6.07, 6.45) is 6.06. The Morgan fingerprint density at radius 2 is 2.06 bits per heavy atom. The van der Waals surface area contributed by atoms with Gasteiger partial charge in [-0.2, -0.15) is 0 Å². The molecule has 182 valence electrons. The first-order valence-electron chi connectivity index (χ1n) is 11.1. The van der Waals surface area contributed by atoms with E-state index < -0.39 is 23.7 Å². The molecule has 1 amide bonds. The number of aliphatic hydroxyl groups excluding tert-OH is 1. The smallest absolute Gasteiger partial charge is 0.354 e. The highest BCUT2D eigenvalue weighted by Gasteiger charge is 2.46. The lowest BCUT2D eigenvalue weighted by atomic mass is 9.94. The molecule has 1 aliphatic rings. The zero-order valence-corrected chi connectivity index (χ0v) is 20.3. The molecule has 0 radical (unpaired) electrons. The molecule has 9 nitrogen and oxygen atoms in total. The predicted molar refractivity (Wildman–Crippen MR) is 128 cm³/mol. The van der Waals surface area contributed by atoms with E-state index in [-0.39, 0.29) is 23.6 Å². The third-order valence-corrected chi connectivity index (χ3v) is 6.42. The number of benzene rings is 1. The molecule has 3 aromatic rings. The average Bonchev–Trinajstić information content (AvgIpc) is 3.52. The highest BCUT2D eigenvalue weighted by molar-refractivity contribution is 6.46. The van der Waals surface area contributed by atoms with E-state index in [1.165, 1.54) is 12.0 Å². The number of carbonyl (C=O) groups is 3. The van der Waals surface area contributed by atoms with Crippen molar-refractivity contribution in [1.82, 2.24) is 14.9 Å². The third kappa shape index (κ3) is 4.46. The second-order valence-corrected chi connectivity index (χ2v) is 8.80. The van der Waals surface area contributed by atoms with E-state index in [2.05, 4.69) is 9.97 Å². The number of carbonyl (C=O) groups excluding carboxylic acids is 3. The Morgan fingerprint density at radius 1 is 1.29 bits per heavy atom. The van der Waals surface area contributed by atoms with Gasteiger partial charge in [0.15, 0.2) is 0 Å². The van der Waals surface area contributed by atoms with Crippen LogP contribution in [0.4, 0.5) is 0 Å². The maximum absolute atomic E-state index is 13.3. The first-order chi connectivity index (χ1) is 16.7. The predicted octanol–water partition coefficient (Wildman–Crippen LogP) is 3.20. The number of H-pyrrole nitrogens is 2. The van der Waals surface area contributed by atoms with E-state index in [4.69, 9.17) is 16.3 Å². The Hall–Kier alpha value is -3.85. The molecule has 1 unspecified atom stereocenters. The number of amides is 1. The van der Waals surface area contributed by atoms with E-state index >= 15 is 0 Å². The summed E-state index contributed by atoms with van der Waals surface area (Å²) >= 11 is 6.23. The molecule has 0 saturated carbocycles. The van der Waals surface area contributed by atoms with Crippen LogP contribution in [0.2, 0.25) is 5.02 Å². The van der Waals surface area contributed by atoms with E-state index in [9.17, 15) is 19.5 Å². The van der Waals surface area contributed by atoms with Crippen LogP contribution in [0, 0.1) is 13.8 Å². The summed E-state index contributed by atoms with van der Waals surface area (Å²) in [7, 11) is 1.26. The number of nitrogens with zero attached hydrogens (tertiary/aromatic N) is 2. The number of esters is 1. The monoisotopic (exact) mass is 497 g/mol. The van der Waals surface area contributed by atoms with Gasteiger partial charge in [0.05, 0.1) is 25.3 Å². The van der Waals surface area contributed by atoms with Crippen molar-refractivity contribution in [3.63, 3.8) is 0 Å². The van der Waals surface area contributed by atoms with E-state index in [1.807, 2.05) is 10.8 Å². The molecular weight excluding hydrogens is 472 g/mol. The fourth-order valence-corrected chi connectivity index (χ4v) is 4.76. The highest BCUT2D eigenvalue weighted by Crippen LogP contribution is 2.41. The molecule has 0 bridgehead atoms. The molecule has 1 saturated heterocycles. The quantitative estimate of drug-likeness (QED) is 0.152. The lowest BCUT2D eigenvalue weighted by Crippen LogP contribution is -2.36. The molecule has 35 heavy (non-hydrogen) atoms. The first kappa shape index (κ1) is 24.3. The van der Waals surface area contributed by atoms with Crippen LogP contribution in [0.15, 0.2) is 48.6 Å².